The first-order valence-corrected chi connectivity index (χ1v) is 3.93. The summed E-state index contributed by atoms with van der Waals surface area (Å²) in [5.74, 6) is -0.302. The van der Waals surface area contributed by atoms with E-state index in [0.29, 0.717) is 6.42 Å². The second kappa shape index (κ2) is 3.51. The normalized spacial score (nSPS) is 19.0. The first-order valence-electron chi connectivity index (χ1n) is 3.93. The average Bonchev–Trinajstić information content (AvgIpc) is 2.72. The molecule has 62 valence electrons. The zero-order valence-electron chi connectivity index (χ0n) is 6.67. The van der Waals surface area contributed by atoms with Crippen LogP contribution in [0.25, 0.3) is 0 Å². The first-order chi connectivity index (χ1) is 5.24. The Bertz CT molecular complexity index is 163. The van der Waals surface area contributed by atoms with Crippen molar-refractivity contribution in [2.75, 3.05) is 0 Å². The van der Waals surface area contributed by atoms with Gasteiger partial charge >= 0.3 is 5.97 Å². The van der Waals surface area contributed by atoms with Crippen molar-refractivity contribution < 1.29 is 9.53 Å². The lowest BCUT2D eigenvalue weighted by Crippen LogP contribution is -2.15. The minimum atomic E-state index is -0.156. The first kappa shape index (κ1) is 8.24. The Kier molecular flexibility index (Phi) is 2.63. The highest BCUT2D eigenvalue weighted by atomic mass is 16.5. The van der Waals surface area contributed by atoms with Gasteiger partial charge in [0.25, 0.3) is 0 Å². The number of esters is 1. The van der Waals surface area contributed by atoms with Gasteiger partial charge in [0.1, 0.15) is 6.10 Å². The van der Waals surface area contributed by atoms with Gasteiger partial charge < -0.3 is 10.1 Å². The van der Waals surface area contributed by atoms with Crippen LogP contribution in [0, 0.1) is 11.3 Å². The van der Waals surface area contributed by atoms with Gasteiger partial charge in [-0.1, -0.05) is 6.92 Å². The van der Waals surface area contributed by atoms with Crippen LogP contribution in [0.5, 0.6) is 0 Å². The molecule has 0 amide bonds. The van der Waals surface area contributed by atoms with E-state index in [4.69, 9.17) is 10.1 Å². The summed E-state index contributed by atoms with van der Waals surface area (Å²) in [5, 5.41) is 6.79. The molecule has 1 fully saturated rings. The van der Waals surface area contributed by atoms with Gasteiger partial charge in [0.05, 0.1) is 5.92 Å². The van der Waals surface area contributed by atoms with Gasteiger partial charge in [-0.2, -0.15) is 0 Å². The molecule has 0 unspecified atom stereocenters. The highest BCUT2D eigenvalue weighted by Gasteiger charge is 2.27. The van der Waals surface area contributed by atoms with Crippen molar-refractivity contribution >= 4 is 12.2 Å². The molecule has 1 N–H and O–H groups in total. The minimum absolute atomic E-state index is 0.145. The fourth-order valence-corrected chi connectivity index (χ4v) is 0.739. The molecule has 1 rings (SSSR count). The number of hydrogen-bond donors (Lipinski definition) is 1. The summed E-state index contributed by atoms with van der Waals surface area (Å²) in [7, 11) is 0. The second-order valence-corrected chi connectivity index (χ2v) is 2.98. The molecule has 0 heterocycles. The second-order valence-electron chi connectivity index (χ2n) is 2.98. The Morgan fingerprint density at radius 1 is 1.82 bits per heavy atom. The van der Waals surface area contributed by atoms with Gasteiger partial charge in [0.2, 0.25) is 0 Å². The van der Waals surface area contributed by atoms with Crippen molar-refractivity contribution in [1.82, 2.24) is 0 Å². The molecule has 1 aliphatic carbocycles. The van der Waals surface area contributed by atoms with Crippen LogP contribution in [0.3, 0.4) is 0 Å². The van der Waals surface area contributed by atoms with Gasteiger partial charge in [-0.05, 0) is 25.5 Å². The molecular formula is C8H13NO2. The summed E-state index contributed by atoms with van der Waals surface area (Å²) in [4.78, 5) is 11.1. The maximum absolute atomic E-state index is 11.1. The van der Waals surface area contributed by atoms with Crippen molar-refractivity contribution in [2.45, 2.75) is 32.3 Å². The van der Waals surface area contributed by atoms with Crippen LogP contribution in [0.4, 0.5) is 0 Å². The van der Waals surface area contributed by atoms with Gasteiger partial charge in [0.15, 0.2) is 0 Å². The molecule has 0 aromatic heterocycles. The summed E-state index contributed by atoms with van der Waals surface area (Å²) in [6.45, 7) is 1.79. The molecule has 1 aliphatic rings. The smallest absolute Gasteiger partial charge is 0.309 e. The number of nitrogens with one attached hydrogen (secondary N) is 1. The quantitative estimate of drug-likeness (QED) is 0.492. The molecule has 0 bridgehead atoms. The van der Waals surface area contributed by atoms with Crippen molar-refractivity contribution in [3.8, 4) is 0 Å². The number of hydrogen-bond acceptors (Lipinski definition) is 3. The maximum atomic E-state index is 11.1. The zero-order chi connectivity index (χ0) is 8.27. The standard InChI is InChI=1S/C8H13NO2/c1-6(4-5-9)8(10)11-7-2-3-7/h5-7,9H,2-4H2,1H3/t6-/m0/s1. The monoisotopic (exact) mass is 155 g/mol. The Hall–Kier alpha value is -0.860. The number of carbonyl (C=O) groups is 1. The van der Waals surface area contributed by atoms with E-state index in [9.17, 15) is 4.79 Å². The molecule has 0 aromatic carbocycles. The molecule has 0 saturated heterocycles. The fraction of sp³-hybridized carbons (Fsp3) is 0.750. The number of rotatable bonds is 4. The molecule has 1 atom stereocenters. The summed E-state index contributed by atoms with van der Waals surface area (Å²) in [5.41, 5.74) is 0. The number of carbonyl (C=O) groups excluding carboxylic acids is 1. The lowest BCUT2D eigenvalue weighted by Gasteiger charge is -2.07. The van der Waals surface area contributed by atoms with Crippen molar-refractivity contribution in [3.05, 3.63) is 0 Å². The Balaban J connectivity index is 2.20. The zero-order valence-corrected chi connectivity index (χ0v) is 6.67. The van der Waals surface area contributed by atoms with Crippen molar-refractivity contribution in [3.63, 3.8) is 0 Å². The largest absolute Gasteiger partial charge is 0.462 e. The summed E-state index contributed by atoms with van der Waals surface area (Å²) < 4.78 is 5.03. The predicted molar refractivity (Wildman–Crippen MR) is 41.7 cm³/mol. The van der Waals surface area contributed by atoms with E-state index in [2.05, 4.69) is 0 Å². The maximum Gasteiger partial charge on any atom is 0.309 e. The Morgan fingerprint density at radius 2 is 2.45 bits per heavy atom. The summed E-state index contributed by atoms with van der Waals surface area (Å²) in [6.07, 6.45) is 3.96. The molecule has 0 aliphatic heterocycles. The van der Waals surface area contributed by atoms with E-state index < -0.39 is 0 Å². The SMILES string of the molecule is C[C@@H](CC=N)C(=O)OC1CC1. The van der Waals surface area contributed by atoms with E-state index in [-0.39, 0.29) is 18.0 Å². The summed E-state index contributed by atoms with van der Waals surface area (Å²) in [6, 6.07) is 0. The van der Waals surface area contributed by atoms with Crippen LogP contribution in [0.1, 0.15) is 26.2 Å². The van der Waals surface area contributed by atoms with E-state index >= 15 is 0 Å². The van der Waals surface area contributed by atoms with Crippen LogP contribution in [0.15, 0.2) is 0 Å². The van der Waals surface area contributed by atoms with Crippen LogP contribution in [-0.4, -0.2) is 18.3 Å². The molecule has 1 saturated carbocycles. The van der Waals surface area contributed by atoms with Gasteiger partial charge in [-0.15, -0.1) is 0 Å². The summed E-state index contributed by atoms with van der Waals surface area (Å²) >= 11 is 0. The third-order valence-electron chi connectivity index (χ3n) is 1.68. The average molecular weight is 155 g/mol. The molecule has 3 heteroatoms. The Labute approximate surface area is 66.2 Å². The molecule has 0 aromatic rings. The van der Waals surface area contributed by atoms with E-state index in [1.165, 1.54) is 6.21 Å². The van der Waals surface area contributed by atoms with Crippen LogP contribution < -0.4 is 0 Å². The van der Waals surface area contributed by atoms with E-state index in [0.717, 1.165) is 12.8 Å². The number of ether oxygens (including phenoxy) is 1. The Morgan fingerprint density at radius 3 is 2.91 bits per heavy atom. The third kappa shape index (κ3) is 2.70. The van der Waals surface area contributed by atoms with Gasteiger partial charge in [0, 0.05) is 0 Å². The lowest BCUT2D eigenvalue weighted by atomic mass is 10.1. The fourth-order valence-electron chi connectivity index (χ4n) is 0.739. The van der Waals surface area contributed by atoms with Crippen LogP contribution in [0.2, 0.25) is 0 Å². The highest BCUT2D eigenvalue weighted by Crippen LogP contribution is 2.24. The topological polar surface area (TPSA) is 50.2 Å². The predicted octanol–water partition coefficient (Wildman–Crippen LogP) is 1.37. The molecule has 11 heavy (non-hydrogen) atoms. The molecule has 0 radical (unpaired) electrons. The van der Waals surface area contributed by atoms with Gasteiger partial charge in [-0.25, -0.2) is 0 Å². The molecular weight excluding hydrogens is 142 g/mol. The van der Waals surface area contributed by atoms with Gasteiger partial charge in [-0.3, -0.25) is 4.79 Å². The highest BCUT2D eigenvalue weighted by molar-refractivity contribution is 5.75. The third-order valence-corrected chi connectivity index (χ3v) is 1.68. The molecule has 0 spiro atoms. The van der Waals surface area contributed by atoms with E-state index in [1.807, 2.05) is 0 Å². The van der Waals surface area contributed by atoms with Crippen LogP contribution >= 0.6 is 0 Å². The molecule has 3 nitrogen and oxygen atoms in total. The van der Waals surface area contributed by atoms with Crippen molar-refractivity contribution in [2.24, 2.45) is 5.92 Å². The van der Waals surface area contributed by atoms with Crippen LogP contribution in [-0.2, 0) is 9.53 Å². The van der Waals surface area contributed by atoms with Crippen molar-refractivity contribution in [1.29, 1.82) is 5.41 Å². The lowest BCUT2D eigenvalue weighted by molar-refractivity contribution is -0.148. The minimum Gasteiger partial charge on any atom is -0.462 e. The van der Waals surface area contributed by atoms with E-state index in [1.54, 1.807) is 6.92 Å².